The summed E-state index contributed by atoms with van der Waals surface area (Å²) < 4.78 is 7.06. The maximum atomic E-state index is 13.7. The largest absolute Gasteiger partial charge is 0.465 e. The number of carbonyl (C=O) groups excluding carboxylic acids is 2. The molecule has 2 saturated carbocycles. The molecule has 0 radical (unpaired) electrons. The molecular formula is C23H32N4O3. The highest BCUT2D eigenvalue weighted by Crippen LogP contribution is 2.41. The Labute approximate surface area is 177 Å². The third-order valence-electron chi connectivity index (χ3n) is 5.78. The first-order chi connectivity index (χ1) is 14.2. The number of hydrogen-bond donors (Lipinski definition) is 0. The molecule has 7 heteroatoms. The molecule has 0 aromatic carbocycles. The first-order valence-electron chi connectivity index (χ1n) is 11.0. The Balaban J connectivity index is 1.79. The molecule has 2 aromatic heterocycles. The molecule has 30 heavy (non-hydrogen) atoms. The Bertz CT molecular complexity index is 980. The van der Waals surface area contributed by atoms with E-state index in [-0.39, 0.29) is 24.0 Å². The molecule has 1 amide bonds. The predicted molar refractivity (Wildman–Crippen MR) is 114 cm³/mol. The molecule has 2 heterocycles. The van der Waals surface area contributed by atoms with Crippen LogP contribution in [0.4, 0.5) is 0 Å². The van der Waals surface area contributed by atoms with Crippen LogP contribution in [0, 0.1) is 12.8 Å². The number of fused-ring (bicyclic) bond motifs is 1. The van der Waals surface area contributed by atoms with Crippen LogP contribution >= 0.6 is 0 Å². The quantitative estimate of drug-likeness (QED) is 0.647. The second-order valence-electron chi connectivity index (χ2n) is 9.67. The first-order valence-corrected chi connectivity index (χ1v) is 11.0. The van der Waals surface area contributed by atoms with Crippen molar-refractivity contribution in [1.29, 1.82) is 0 Å². The van der Waals surface area contributed by atoms with E-state index < -0.39 is 0 Å². The lowest BCUT2D eigenvalue weighted by Gasteiger charge is -2.23. The highest BCUT2D eigenvalue weighted by molar-refractivity contribution is 6.07. The van der Waals surface area contributed by atoms with Crippen LogP contribution < -0.4 is 0 Å². The molecule has 0 atom stereocenters. The summed E-state index contributed by atoms with van der Waals surface area (Å²) in [5, 5.41) is 5.54. The molecule has 2 aromatic rings. The van der Waals surface area contributed by atoms with Crippen molar-refractivity contribution in [3.63, 3.8) is 0 Å². The van der Waals surface area contributed by atoms with Gasteiger partial charge in [-0.1, -0.05) is 0 Å². The second kappa shape index (κ2) is 7.67. The maximum Gasteiger partial charge on any atom is 0.325 e. The van der Waals surface area contributed by atoms with Crippen LogP contribution in [-0.2, 0) is 15.1 Å². The Morgan fingerprint density at radius 3 is 2.50 bits per heavy atom. The number of ether oxygens (including phenoxy) is 1. The summed E-state index contributed by atoms with van der Waals surface area (Å²) in [6, 6.07) is 1.94. The van der Waals surface area contributed by atoms with E-state index in [2.05, 4.69) is 20.8 Å². The van der Waals surface area contributed by atoms with Gasteiger partial charge in [-0.25, -0.2) is 9.67 Å². The Hall–Kier alpha value is -2.44. The third kappa shape index (κ3) is 4.20. The van der Waals surface area contributed by atoms with Crippen LogP contribution in [0.3, 0.4) is 0 Å². The standard InChI is InChI=1S/C23H32N4O3/c1-6-30-19(28)13-26(12-15-7-8-15)22(29)17-11-18(16-9-10-16)24-21-20(17)14(2)25-27(21)23(3,4)5/h11,15-16H,6-10,12-13H2,1-5H3. The van der Waals surface area contributed by atoms with Gasteiger partial charge in [0.05, 0.1) is 28.8 Å². The number of rotatable bonds is 7. The molecule has 2 aliphatic carbocycles. The molecule has 2 aliphatic rings. The van der Waals surface area contributed by atoms with E-state index in [1.54, 1.807) is 11.8 Å². The summed E-state index contributed by atoms with van der Waals surface area (Å²) in [6.07, 6.45) is 4.41. The van der Waals surface area contributed by atoms with Gasteiger partial charge in [0.1, 0.15) is 6.54 Å². The van der Waals surface area contributed by atoms with Gasteiger partial charge in [-0.15, -0.1) is 0 Å². The van der Waals surface area contributed by atoms with E-state index >= 15 is 0 Å². The summed E-state index contributed by atoms with van der Waals surface area (Å²) >= 11 is 0. The van der Waals surface area contributed by atoms with E-state index in [0.717, 1.165) is 48.1 Å². The zero-order valence-electron chi connectivity index (χ0n) is 18.7. The van der Waals surface area contributed by atoms with Gasteiger partial charge in [-0.3, -0.25) is 9.59 Å². The van der Waals surface area contributed by atoms with Crippen molar-refractivity contribution in [2.75, 3.05) is 19.7 Å². The highest BCUT2D eigenvalue weighted by Gasteiger charge is 2.34. The minimum atomic E-state index is -0.360. The number of nitrogens with zero attached hydrogens (tertiary/aromatic N) is 4. The molecule has 2 fully saturated rings. The van der Waals surface area contributed by atoms with Crippen molar-refractivity contribution in [2.45, 2.75) is 71.8 Å². The number of aromatic nitrogens is 3. The van der Waals surface area contributed by atoms with Gasteiger partial charge in [0.25, 0.3) is 5.91 Å². The van der Waals surface area contributed by atoms with Crippen LogP contribution in [0.25, 0.3) is 11.0 Å². The summed E-state index contributed by atoms with van der Waals surface area (Å²) in [7, 11) is 0. The second-order valence-corrected chi connectivity index (χ2v) is 9.67. The number of esters is 1. The molecule has 0 saturated heterocycles. The minimum Gasteiger partial charge on any atom is -0.465 e. The van der Waals surface area contributed by atoms with Crippen molar-refractivity contribution in [3.05, 3.63) is 23.0 Å². The lowest BCUT2D eigenvalue weighted by atomic mass is 10.1. The van der Waals surface area contributed by atoms with Gasteiger partial charge in [0.15, 0.2) is 5.65 Å². The highest BCUT2D eigenvalue weighted by atomic mass is 16.5. The van der Waals surface area contributed by atoms with E-state index in [0.29, 0.717) is 30.6 Å². The molecule has 4 rings (SSSR count). The molecule has 0 unspecified atom stereocenters. The van der Waals surface area contributed by atoms with Crippen molar-refractivity contribution >= 4 is 22.9 Å². The van der Waals surface area contributed by atoms with Gasteiger partial charge in [-0.05, 0) is 72.3 Å². The van der Waals surface area contributed by atoms with Crippen LogP contribution in [0.15, 0.2) is 6.07 Å². The van der Waals surface area contributed by atoms with Crippen LogP contribution in [0.5, 0.6) is 0 Å². The van der Waals surface area contributed by atoms with Gasteiger partial charge in [0.2, 0.25) is 0 Å². The van der Waals surface area contributed by atoms with E-state index in [1.807, 2.05) is 17.7 Å². The Kier molecular flexibility index (Phi) is 5.32. The predicted octanol–water partition coefficient (Wildman–Crippen LogP) is 3.79. The average molecular weight is 413 g/mol. The SMILES string of the molecule is CCOC(=O)CN(CC1CC1)C(=O)c1cc(C2CC2)nc2c1c(C)nn2C(C)(C)C. The molecular weight excluding hydrogens is 380 g/mol. The van der Waals surface area contributed by atoms with Gasteiger partial charge >= 0.3 is 5.97 Å². The van der Waals surface area contributed by atoms with Crippen molar-refractivity contribution in [1.82, 2.24) is 19.7 Å². The number of pyridine rings is 1. The van der Waals surface area contributed by atoms with E-state index in [1.165, 1.54) is 0 Å². The summed E-state index contributed by atoms with van der Waals surface area (Å²) in [5.74, 6) is 0.399. The fourth-order valence-corrected chi connectivity index (χ4v) is 3.90. The normalized spacial score (nSPS) is 16.7. The smallest absolute Gasteiger partial charge is 0.325 e. The first kappa shape index (κ1) is 20.8. The fraction of sp³-hybridized carbons (Fsp3) is 0.652. The summed E-state index contributed by atoms with van der Waals surface area (Å²) in [6.45, 7) is 10.9. The number of hydrogen-bond acceptors (Lipinski definition) is 5. The zero-order valence-corrected chi connectivity index (χ0v) is 18.7. The fourth-order valence-electron chi connectivity index (χ4n) is 3.90. The number of aryl methyl sites for hydroxylation is 1. The van der Waals surface area contributed by atoms with Gasteiger partial charge in [0, 0.05) is 18.2 Å². The average Bonchev–Trinajstić information content (AvgIpc) is 3.58. The van der Waals surface area contributed by atoms with Crippen LogP contribution in [0.1, 0.15) is 81.0 Å². The molecule has 0 aliphatic heterocycles. The molecule has 162 valence electrons. The van der Waals surface area contributed by atoms with Crippen molar-refractivity contribution in [2.24, 2.45) is 5.92 Å². The lowest BCUT2D eigenvalue weighted by Crippen LogP contribution is -2.38. The van der Waals surface area contributed by atoms with E-state index in [9.17, 15) is 9.59 Å². The van der Waals surface area contributed by atoms with Crippen molar-refractivity contribution in [3.8, 4) is 0 Å². The number of carbonyl (C=O) groups is 2. The third-order valence-corrected chi connectivity index (χ3v) is 5.78. The minimum absolute atomic E-state index is 0.0157. The van der Waals surface area contributed by atoms with E-state index in [4.69, 9.17) is 14.8 Å². The van der Waals surface area contributed by atoms with Crippen LogP contribution in [0.2, 0.25) is 0 Å². The van der Waals surface area contributed by atoms with Gasteiger partial charge in [-0.2, -0.15) is 5.10 Å². The maximum absolute atomic E-state index is 13.7. The van der Waals surface area contributed by atoms with Gasteiger partial charge < -0.3 is 9.64 Å². The lowest BCUT2D eigenvalue weighted by molar-refractivity contribution is -0.143. The van der Waals surface area contributed by atoms with Crippen molar-refractivity contribution < 1.29 is 14.3 Å². The number of amides is 1. The molecule has 7 nitrogen and oxygen atoms in total. The Morgan fingerprint density at radius 1 is 1.23 bits per heavy atom. The molecule has 0 N–H and O–H groups in total. The topological polar surface area (TPSA) is 77.3 Å². The molecule has 0 bridgehead atoms. The monoisotopic (exact) mass is 412 g/mol. The summed E-state index contributed by atoms with van der Waals surface area (Å²) in [4.78, 5) is 32.5. The van der Waals surface area contributed by atoms with Crippen LogP contribution in [-0.4, -0.2) is 51.2 Å². The Morgan fingerprint density at radius 2 is 1.93 bits per heavy atom. The molecule has 0 spiro atoms. The zero-order chi connectivity index (χ0) is 21.6. The summed E-state index contributed by atoms with van der Waals surface area (Å²) in [5.41, 5.74) is 2.87.